The van der Waals surface area contributed by atoms with Crippen molar-refractivity contribution in [1.29, 1.82) is 0 Å². The zero-order valence-electron chi connectivity index (χ0n) is 18.6. The summed E-state index contributed by atoms with van der Waals surface area (Å²) in [7, 11) is 0. The second-order valence-electron chi connectivity index (χ2n) is 7.21. The van der Waals surface area contributed by atoms with Gasteiger partial charge < -0.3 is 14.8 Å². The highest BCUT2D eigenvalue weighted by molar-refractivity contribution is 8.18. The molecular formula is C25H24N2O5S. The summed E-state index contributed by atoms with van der Waals surface area (Å²) in [5.41, 5.74) is 3.13. The Kier molecular flexibility index (Phi) is 7.80. The van der Waals surface area contributed by atoms with E-state index in [4.69, 9.17) is 15.9 Å². The van der Waals surface area contributed by atoms with Crippen molar-refractivity contribution in [2.24, 2.45) is 0 Å². The maximum absolute atomic E-state index is 12.8. The Morgan fingerprint density at radius 2 is 1.88 bits per heavy atom. The van der Waals surface area contributed by atoms with Crippen LogP contribution in [0, 0.1) is 26.2 Å². The molecule has 7 nitrogen and oxygen atoms in total. The molecule has 2 aromatic carbocycles. The number of imide groups is 1. The highest BCUT2D eigenvalue weighted by atomic mass is 32.2. The molecule has 1 heterocycles. The number of para-hydroxylation sites is 1. The molecule has 1 N–H and O–H groups in total. The monoisotopic (exact) mass is 464 g/mol. The van der Waals surface area contributed by atoms with Crippen molar-refractivity contribution < 1.29 is 23.9 Å². The van der Waals surface area contributed by atoms with Crippen molar-refractivity contribution in [2.45, 2.75) is 20.8 Å². The number of hydrogen-bond acceptors (Lipinski definition) is 6. The lowest BCUT2D eigenvalue weighted by atomic mass is 10.1. The molecule has 1 aliphatic rings. The van der Waals surface area contributed by atoms with Crippen molar-refractivity contribution in [3.8, 4) is 23.8 Å². The summed E-state index contributed by atoms with van der Waals surface area (Å²) in [6.45, 7) is 5.76. The van der Waals surface area contributed by atoms with Gasteiger partial charge in [-0.05, 0) is 67.4 Å². The number of hydrogen-bond donors (Lipinski definition) is 1. The number of carbonyl (C=O) groups excluding carboxylic acids is 3. The SMILES string of the molecule is C#CCOc1ccc(/C=C2\SC(=O)N(CC(=O)Nc3c(C)cccc3C)C2=O)cc1OCC. The fourth-order valence-corrected chi connectivity index (χ4v) is 4.08. The van der Waals surface area contributed by atoms with E-state index in [1.807, 2.05) is 39.0 Å². The summed E-state index contributed by atoms with van der Waals surface area (Å²) in [6.07, 6.45) is 6.83. The molecule has 0 atom stereocenters. The predicted molar refractivity (Wildman–Crippen MR) is 129 cm³/mol. The molecule has 3 rings (SSSR count). The average molecular weight is 465 g/mol. The summed E-state index contributed by atoms with van der Waals surface area (Å²) < 4.78 is 11.1. The first-order valence-electron chi connectivity index (χ1n) is 10.3. The lowest BCUT2D eigenvalue weighted by Gasteiger charge is -2.15. The Balaban J connectivity index is 1.75. The first kappa shape index (κ1) is 24.0. The molecule has 1 saturated heterocycles. The van der Waals surface area contributed by atoms with Crippen LogP contribution in [0.25, 0.3) is 6.08 Å². The standard InChI is InChI=1S/C25H24N2O5S/c1-5-12-32-19-11-10-18(13-20(19)31-6-2)14-21-24(29)27(25(30)33-21)15-22(28)26-23-16(3)8-7-9-17(23)4/h1,7-11,13-14H,6,12,15H2,2-4H3,(H,26,28)/b21-14-. The Morgan fingerprint density at radius 1 is 1.15 bits per heavy atom. The summed E-state index contributed by atoms with van der Waals surface area (Å²) in [4.78, 5) is 39.0. The number of benzene rings is 2. The first-order valence-corrected chi connectivity index (χ1v) is 11.1. The van der Waals surface area contributed by atoms with Gasteiger partial charge in [-0.3, -0.25) is 19.3 Å². The van der Waals surface area contributed by atoms with E-state index in [-0.39, 0.29) is 18.1 Å². The zero-order chi connectivity index (χ0) is 24.0. The molecule has 2 aromatic rings. The number of carbonyl (C=O) groups is 3. The number of aryl methyl sites for hydroxylation is 2. The van der Waals surface area contributed by atoms with Crippen LogP contribution in [0.1, 0.15) is 23.6 Å². The van der Waals surface area contributed by atoms with E-state index < -0.39 is 17.1 Å². The predicted octanol–water partition coefficient (Wildman–Crippen LogP) is 4.39. The van der Waals surface area contributed by atoms with Crippen molar-refractivity contribution >= 4 is 40.6 Å². The van der Waals surface area contributed by atoms with E-state index in [1.54, 1.807) is 24.3 Å². The zero-order valence-corrected chi connectivity index (χ0v) is 19.5. The summed E-state index contributed by atoms with van der Waals surface area (Å²) in [6, 6.07) is 10.8. The first-order chi connectivity index (χ1) is 15.8. The van der Waals surface area contributed by atoms with Crippen molar-refractivity contribution in [3.63, 3.8) is 0 Å². The molecule has 0 radical (unpaired) electrons. The molecule has 0 spiro atoms. The number of nitrogens with one attached hydrogen (secondary N) is 1. The Bertz CT molecular complexity index is 1150. The molecule has 1 fully saturated rings. The van der Waals surface area contributed by atoms with Gasteiger partial charge in [0.05, 0.1) is 11.5 Å². The maximum Gasteiger partial charge on any atom is 0.294 e. The van der Waals surface area contributed by atoms with E-state index in [0.717, 1.165) is 27.8 Å². The van der Waals surface area contributed by atoms with Crippen LogP contribution < -0.4 is 14.8 Å². The molecule has 0 aliphatic carbocycles. The number of ether oxygens (including phenoxy) is 2. The highest BCUT2D eigenvalue weighted by Gasteiger charge is 2.36. The van der Waals surface area contributed by atoms with Gasteiger partial charge >= 0.3 is 0 Å². The van der Waals surface area contributed by atoms with E-state index in [0.29, 0.717) is 29.4 Å². The molecular weight excluding hydrogens is 440 g/mol. The van der Waals surface area contributed by atoms with Crippen LogP contribution in [0.15, 0.2) is 41.3 Å². The fourth-order valence-electron chi connectivity index (χ4n) is 3.24. The second kappa shape index (κ2) is 10.7. The third-order valence-electron chi connectivity index (χ3n) is 4.80. The number of anilines is 1. The third-order valence-corrected chi connectivity index (χ3v) is 5.70. The fraction of sp³-hybridized carbons (Fsp3) is 0.240. The Morgan fingerprint density at radius 3 is 2.55 bits per heavy atom. The van der Waals surface area contributed by atoms with E-state index in [9.17, 15) is 14.4 Å². The molecule has 0 aromatic heterocycles. The van der Waals surface area contributed by atoms with E-state index >= 15 is 0 Å². The molecule has 8 heteroatoms. The lowest BCUT2D eigenvalue weighted by Crippen LogP contribution is -2.36. The van der Waals surface area contributed by atoms with Crippen LogP contribution in [0.4, 0.5) is 10.5 Å². The van der Waals surface area contributed by atoms with Gasteiger partial charge in [0.15, 0.2) is 11.5 Å². The Labute approximate surface area is 197 Å². The number of amides is 3. The molecule has 0 saturated carbocycles. The van der Waals surface area contributed by atoms with Gasteiger partial charge in [-0.25, -0.2) is 0 Å². The minimum atomic E-state index is -0.521. The minimum Gasteiger partial charge on any atom is -0.490 e. The van der Waals surface area contributed by atoms with Gasteiger partial charge in [-0.1, -0.05) is 30.2 Å². The van der Waals surface area contributed by atoms with Crippen molar-refractivity contribution in [1.82, 2.24) is 4.90 Å². The van der Waals surface area contributed by atoms with Gasteiger partial charge in [-0.15, -0.1) is 6.42 Å². The molecule has 3 amide bonds. The Hall–Kier alpha value is -3.70. The quantitative estimate of drug-likeness (QED) is 0.461. The van der Waals surface area contributed by atoms with Gasteiger partial charge in [0, 0.05) is 5.69 Å². The smallest absolute Gasteiger partial charge is 0.294 e. The topological polar surface area (TPSA) is 84.9 Å². The third kappa shape index (κ3) is 5.76. The normalized spacial score (nSPS) is 14.4. The van der Waals surface area contributed by atoms with Crippen LogP contribution >= 0.6 is 11.8 Å². The van der Waals surface area contributed by atoms with Gasteiger partial charge in [0.25, 0.3) is 11.1 Å². The van der Waals surface area contributed by atoms with Crippen molar-refractivity contribution in [2.75, 3.05) is 25.1 Å². The second-order valence-corrected chi connectivity index (χ2v) is 8.21. The minimum absolute atomic E-state index is 0.0996. The molecule has 1 aliphatic heterocycles. The summed E-state index contributed by atoms with van der Waals surface area (Å²) in [5.74, 6) is 2.41. The van der Waals surface area contributed by atoms with Crippen LogP contribution in [0.2, 0.25) is 0 Å². The lowest BCUT2D eigenvalue weighted by molar-refractivity contribution is -0.127. The summed E-state index contributed by atoms with van der Waals surface area (Å²) in [5, 5.41) is 2.30. The number of terminal acetylenes is 1. The van der Waals surface area contributed by atoms with Gasteiger partial charge in [0.1, 0.15) is 13.2 Å². The van der Waals surface area contributed by atoms with Crippen molar-refractivity contribution in [3.05, 3.63) is 58.0 Å². The molecule has 0 unspecified atom stereocenters. The largest absolute Gasteiger partial charge is 0.490 e. The number of nitrogens with zero attached hydrogens (tertiary/aromatic N) is 1. The average Bonchev–Trinajstić information content (AvgIpc) is 3.03. The molecule has 33 heavy (non-hydrogen) atoms. The van der Waals surface area contributed by atoms with Crippen LogP contribution in [-0.4, -0.2) is 41.7 Å². The number of rotatable bonds is 8. The highest BCUT2D eigenvalue weighted by Crippen LogP contribution is 2.34. The van der Waals surface area contributed by atoms with Gasteiger partial charge in [-0.2, -0.15) is 0 Å². The maximum atomic E-state index is 12.8. The van der Waals surface area contributed by atoms with Gasteiger partial charge in [0.2, 0.25) is 5.91 Å². The van der Waals surface area contributed by atoms with Crippen LogP contribution in [0.5, 0.6) is 11.5 Å². The van der Waals surface area contributed by atoms with Crippen LogP contribution in [0.3, 0.4) is 0 Å². The van der Waals surface area contributed by atoms with E-state index in [2.05, 4.69) is 11.2 Å². The molecule has 170 valence electrons. The number of thioether (sulfide) groups is 1. The summed E-state index contributed by atoms with van der Waals surface area (Å²) >= 11 is 0.788. The van der Waals surface area contributed by atoms with Crippen LogP contribution in [-0.2, 0) is 9.59 Å². The van der Waals surface area contributed by atoms with E-state index in [1.165, 1.54) is 0 Å². The molecule has 0 bridgehead atoms.